The van der Waals surface area contributed by atoms with E-state index >= 15 is 0 Å². The van der Waals surface area contributed by atoms with E-state index in [2.05, 4.69) is 45.4 Å². The fourth-order valence-electron chi connectivity index (χ4n) is 2.45. The molecule has 1 fully saturated rings. The number of hydrogen-bond acceptors (Lipinski definition) is 2. The molecule has 0 heterocycles. The number of oxime groups is 1. The van der Waals surface area contributed by atoms with Gasteiger partial charge in [-0.2, -0.15) is 0 Å². The Kier molecular flexibility index (Phi) is 4.60. The van der Waals surface area contributed by atoms with Gasteiger partial charge in [0.15, 0.2) is 0 Å². The third kappa shape index (κ3) is 3.32. The van der Waals surface area contributed by atoms with Gasteiger partial charge in [-0.25, -0.2) is 0 Å². The molecule has 0 amide bonds. The van der Waals surface area contributed by atoms with Crippen LogP contribution in [0.3, 0.4) is 0 Å². The summed E-state index contributed by atoms with van der Waals surface area (Å²) in [5.41, 5.74) is 2.60. The second-order valence-corrected chi connectivity index (χ2v) is 5.36. The van der Waals surface area contributed by atoms with Crippen molar-refractivity contribution in [1.29, 1.82) is 0 Å². The number of hydrogen-bond donors (Lipinski definition) is 0. The van der Waals surface area contributed by atoms with Crippen LogP contribution >= 0.6 is 15.9 Å². The van der Waals surface area contributed by atoms with Gasteiger partial charge >= 0.3 is 0 Å². The molecule has 1 unspecified atom stereocenters. The highest BCUT2D eigenvalue weighted by Crippen LogP contribution is 2.28. The van der Waals surface area contributed by atoms with Crippen molar-refractivity contribution < 1.29 is 4.84 Å². The van der Waals surface area contributed by atoms with Gasteiger partial charge in [0.2, 0.25) is 0 Å². The van der Waals surface area contributed by atoms with E-state index in [1.165, 1.54) is 35.0 Å². The third-order valence-electron chi connectivity index (χ3n) is 3.34. The maximum atomic E-state index is 4.96. The predicted molar refractivity (Wildman–Crippen MR) is 74.2 cm³/mol. The largest absolute Gasteiger partial charge is 0.399 e. The van der Waals surface area contributed by atoms with Gasteiger partial charge in [0.1, 0.15) is 7.11 Å². The molecule has 0 bridgehead atoms. The fourth-order valence-corrected chi connectivity index (χ4v) is 2.90. The number of rotatable bonds is 3. The van der Waals surface area contributed by atoms with Crippen LogP contribution in [0.15, 0.2) is 33.9 Å². The van der Waals surface area contributed by atoms with Crippen molar-refractivity contribution in [1.82, 2.24) is 0 Å². The first kappa shape index (κ1) is 12.6. The zero-order valence-corrected chi connectivity index (χ0v) is 11.7. The van der Waals surface area contributed by atoms with E-state index in [0.29, 0.717) is 5.92 Å². The molecular formula is C14H18BrNO. The van der Waals surface area contributed by atoms with Crippen LogP contribution in [0.1, 0.15) is 31.2 Å². The molecule has 0 radical (unpaired) electrons. The van der Waals surface area contributed by atoms with Crippen molar-refractivity contribution in [3.8, 4) is 0 Å². The molecule has 17 heavy (non-hydrogen) atoms. The number of nitrogens with zero attached hydrogens (tertiary/aromatic N) is 1. The summed E-state index contributed by atoms with van der Waals surface area (Å²) in [6, 6.07) is 8.43. The van der Waals surface area contributed by atoms with E-state index < -0.39 is 0 Å². The molecule has 1 aliphatic rings. The van der Waals surface area contributed by atoms with Gasteiger partial charge in [-0.15, -0.1) is 0 Å². The van der Waals surface area contributed by atoms with Crippen LogP contribution in [0.4, 0.5) is 0 Å². The maximum Gasteiger partial charge on any atom is 0.106 e. The van der Waals surface area contributed by atoms with E-state index in [1.54, 1.807) is 7.11 Å². The van der Waals surface area contributed by atoms with Gasteiger partial charge < -0.3 is 4.84 Å². The van der Waals surface area contributed by atoms with E-state index in [4.69, 9.17) is 4.84 Å². The lowest BCUT2D eigenvalue weighted by molar-refractivity contribution is 0.208. The molecule has 0 spiro atoms. The lowest BCUT2D eigenvalue weighted by atomic mass is 9.83. The fraction of sp³-hybridized carbons (Fsp3) is 0.500. The molecule has 0 aliphatic heterocycles. The van der Waals surface area contributed by atoms with Crippen molar-refractivity contribution in [2.45, 2.75) is 32.1 Å². The zero-order valence-electron chi connectivity index (χ0n) is 10.2. The summed E-state index contributed by atoms with van der Waals surface area (Å²) in [4.78, 5) is 4.96. The van der Waals surface area contributed by atoms with E-state index in [0.717, 1.165) is 12.8 Å². The summed E-state index contributed by atoms with van der Waals surface area (Å²) in [7, 11) is 1.64. The minimum absolute atomic E-state index is 0.544. The summed E-state index contributed by atoms with van der Waals surface area (Å²) < 4.78 is 1.20. The molecule has 2 rings (SSSR count). The Balaban J connectivity index is 2.11. The van der Waals surface area contributed by atoms with E-state index in [1.807, 2.05) is 0 Å². The monoisotopic (exact) mass is 295 g/mol. The molecule has 0 N–H and O–H groups in total. The molecular weight excluding hydrogens is 278 g/mol. The molecule has 1 aliphatic carbocycles. The van der Waals surface area contributed by atoms with Gasteiger partial charge in [-0.1, -0.05) is 45.7 Å². The quantitative estimate of drug-likeness (QED) is 0.767. The van der Waals surface area contributed by atoms with Crippen LogP contribution in [0.25, 0.3) is 0 Å². The maximum absolute atomic E-state index is 4.96. The second kappa shape index (κ2) is 6.20. The van der Waals surface area contributed by atoms with Gasteiger partial charge in [0, 0.05) is 10.4 Å². The Labute approximate surface area is 111 Å². The van der Waals surface area contributed by atoms with Gasteiger partial charge in [-0.3, -0.25) is 0 Å². The highest BCUT2D eigenvalue weighted by atomic mass is 79.9. The SMILES string of the molecule is CO/N=C1\CCCCC1Cc1ccccc1Br. The third-order valence-corrected chi connectivity index (χ3v) is 4.11. The highest BCUT2D eigenvalue weighted by molar-refractivity contribution is 9.10. The lowest BCUT2D eigenvalue weighted by Crippen LogP contribution is -2.22. The topological polar surface area (TPSA) is 21.6 Å². The molecule has 1 saturated carbocycles. The highest BCUT2D eigenvalue weighted by Gasteiger charge is 2.22. The second-order valence-electron chi connectivity index (χ2n) is 4.50. The van der Waals surface area contributed by atoms with Crippen LogP contribution in [0, 0.1) is 5.92 Å². The Morgan fingerprint density at radius 2 is 2.18 bits per heavy atom. The first-order chi connectivity index (χ1) is 8.31. The lowest BCUT2D eigenvalue weighted by Gasteiger charge is -2.23. The Hall–Kier alpha value is -0.830. The van der Waals surface area contributed by atoms with Crippen LogP contribution in [0.5, 0.6) is 0 Å². The molecule has 2 nitrogen and oxygen atoms in total. The minimum atomic E-state index is 0.544. The Morgan fingerprint density at radius 3 is 2.94 bits per heavy atom. The van der Waals surface area contributed by atoms with Gasteiger partial charge in [-0.05, 0) is 37.3 Å². The minimum Gasteiger partial charge on any atom is -0.399 e. The molecule has 0 aromatic heterocycles. The smallest absolute Gasteiger partial charge is 0.106 e. The first-order valence-corrected chi connectivity index (χ1v) is 6.94. The molecule has 1 atom stereocenters. The summed E-state index contributed by atoms with van der Waals surface area (Å²) in [6.45, 7) is 0. The molecule has 92 valence electrons. The Bertz CT molecular complexity index is 403. The van der Waals surface area contributed by atoms with Crippen LogP contribution in [-0.4, -0.2) is 12.8 Å². The van der Waals surface area contributed by atoms with Crippen molar-refractivity contribution in [2.24, 2.45) is 11.1 Å². The molecule has 1 aromatic rings. The van der Waals surface area contributed by atoms with Crippen LogP contribution in [0.2, 0.25) is 0 Å². The van der Waals surface area contributed by atoms with Crippen molar-refractivity contribution in [2.75, 3.05) is 7.11 Å². The van der Waals surface area contributed by atoms with Gasteiger partial charge in [0.05, 0.1) is 5.71 Å². The zero-order chi connectivity index (χ0) is 12.1. The summed E-state index contributed by atoms with van der Waals surface area (Å²) in [6.07, 6.45) is 5.92. The first-order valence-electron chi connectivity index (χ1n) is 6.14. The van der Waals surface area contributed by atoms with Crippen molar-refractivity contribution >= 4 is 21.6 Å². The van der Waals surface area contributed by atoms with Crippen molar-refractivity contribution in [3.05, 3.63) is 34.3 Å². The molecule has 1 aromatic carbocycles. The molecule has 0 saturated heterocycles. The van der Waals surface area contributed by atoms with Crippen LogP contribution < -0.4 is 0 Å². The average molecular weight is 296 g/mol. The van der Waals surface area contributed by atoms with E-state index in [9.17, 15) is 0 Å². The van der Waals surface area contributed by atoms with Gasteiger partial charge in [0.25, 0.3) is 0 Å². The van der Waals surface area contributed by atoms with Crippen molar-refractivity contribution in [3.63, 3.8) is 0 Å². The summed E-state index contributed by atoms with van der Waals surface area (Å²) in [5.74, 6) is 0.544. The number of benzene rings is 1. The molecule has 3 heteroatoms. The summed E-state index contributed by atoms with van der Waals surface area (Å²) in [5, 5.41) is 4.19. The number of halogens is 1. The normalized spacial score (nSPS) is 22.7. The van der Waals surface area contributed by atoms with Crippen LogP contribution in [-0.2, 0) is 11.3 Å². The predicted octanol–water partition coefficient (Wildman–Crippen LogP) is 4.18. The average Bonchev–Trinajstić information content (AvgIpc) is 2.35. The standard InChI is InChI=1S/C14H18BrNO/c1-17-16-14-9-5-3-7-12(14)10-11-6-2-4-8-13(11)15/h2,4,6,8,12H,3,5,7,9-10H2,1H3/b16-14+. The van der Waals surface area contributed by atoms with E-state index in [-0.39, 0.29) is 0 Å². The Morgan fingerprint density at radius 1 is 1.35 bits per heavy atom. The summed E-state index contributed by atoms with van der Waals surface area (Å²) >= 11 is 3.61.